The zero-order valence-electron chi connectivity index (χ0n) is 11.9. The lowest BCUT2D eigenvalue weighted by molar-refractivity contribution is -0.156. The maximum Gasteiger partial charge on any atom is 0.313 e. The average Bonchev–Trinajstić information content (AvgIpc) is 2.35. The van der Waals surface area contributed by atoms with Gasteiger partial charge in [-0.25, -0.2) is 0 Å². The van der Waals surface area contributed by atoms with Gasteiger partial charge in [-0.05, 0) is 45.4 Å². The Bertz CT molecular complexity index is 474. The van der Waals surface area contributed by atoms with Crippen molar-refractivity contribution in [1.29, 1.82) is 0 Å². The van der Waals surface area contributed by atoms with Crippen LogP contribution in [0, 0.1) is 0 Å². The Hall–Kier alpha value is -1.71. The monoisotopic (exact) mass is 264 g/mol. The average molecular weight is 264 g/mol. The van der Waals surface area contributed by atoms with Gasteiger partial charge < -0.3 is 14.2 Å². The molecular formula is C15H20O4. The van der Waals surface area contributed by atoms with Crippen molar-refractivity contribution < 1.29 is 19.0 Å². The van der Waals surface area contributed by atoms with Gasteiger partial charge in [-0.3, -0.25) is 4.79 Å². The molecule has 0 N–H and O–H groups in total. The standard InChI is InChI=1S/C15H20O4/c1-10(14(16)19-15(2,3)4)11-5-6-12-13(9-11)18-8-7-17-12/h5-6,9-10H,7-8H2,1-4H3. The molecule has 1 aliphatic heterocycles. The third-order valence-electron chi connectivity index (χ3n) is 2.83. The number of benzene rings is 1. The Labute approximate surface area is 113 Å². The van der Waals surface area contributed by atoms with E-state index in [9.17, 15) is 4.79 Å². The normalized spacial score (nSPS) is 15.8. The fourth-order valence-corrected chi connectivity index (χ4v) is 1.86. The lowest BCUT2D eigenvalue weighted by Crippen LogP contribution is -2.27. The minimum atomic E-state index is -0.473. The lowest BCUT2D eigenvalue weighted by Gasteiger charge is -2.23. The molecule has 1 aromatic carbocycles. The van der Waals surface area contributed by atoms with E-state index < -0.39 is 5.60 Å². The van der Waals surface area contributed by atoms with Gasteiger partial charge in [0.25, 0.3) is 0 Å². The van der Waals surface area contributed by atoms with Crippen molar-refractivity contribution in [2.75, 3.05) is 13.2 Å². The van der Waals surface area contributed by atoms with Crippen LogP contribution in [0.2, 0.25) is 0 Å². The first-order valence-electron chi connectivity index (χ1n) is 6.49. The molecular weight excluding hydrogens is 244 g/mol. The van der Waals surface area contributed by atoms with Crippen LogP contribution in [-0.4, -0.2) is 24.8 Å². The van der Waals surface area contributed by atoms with Gasteiger partial charge >= 0.3 is 5.97 Å². The fraction of sp³-hybridized carbons (Fsp3) is 0.533. The summed E-state index contributed by atoms with van der Waals surface area (Å²) in [6.07, 6.45) is 0. The predicted molar refractivity (Wildman–Crippen MR) is 71.7 cm³/mol. The van der Waals surface area contributed by atoms with E-state index in [1.54, 1.807) is 0 Å². The van der Waals surface area contributed by atoms with Gasteiger partial charge in [-0.1, -0.05) is 6.07 Å². The summed E-state index contributed by atoms with van der Waals surface area (Å²) in [5.74, 6) is 0.866. The van der Waals surface area contributed by atoms with Gasteiger partial charge in [-0.2, -0.15) is 0 Å². The molecule has 1 aliphatic rings. The van der Waals surface area contributed by atoms with Crippen LogP contribution in [0.15, 0.2) is 18.2 Å². The van der Waals surface area contributed by atoms with E-state index in [1.165, 1.54) is 0 Å². The van der Waals surface area contributed by atoms with Crippen LogP contribution in [0.4, 0.5) is 0 Å². The highest BCUT2D eigenvalue weighted by atomic mass is 16.6. The SMILES string of the molecule is CC(C(=O)OC(C)(C)C)c1ccc2c(c1)OCCO2. The number of ether oxygens (including phenoxy) is 3. The zero-order valence-corrected chi connectivity index (χ0v) is 11.9. The molecule has 1 aromatic rings. The van der Waals surface area contributed by atoms with E-state index in [4.69, 9.17) is 14.2 Å². The summed E-state index contributed by atoms with van der Waals surface area (Å²) in [5.41, 5.74) is 0.401. The molecule has 4 nitrogen and oxygen atoms in total. The van der Waals surface area contributed by atoms with Crippen molar-refractivity contribution in [1.82, 2.24) is 0 Å². The van der Waals surface area contributed by atoms with Gasteiger partial charge in [0, 0.05) is 0 Å². The molecule has 0 aliphatic carbocycles. The van der Waals surface area contributed by atoms with Crippen LogP contribution in [-0.2, 0) is 9.53 Å². The molecule has 19 heavy (non-hydrogen) atoms. The number of hydrogen-bond donors (Lipinski definition) is 0. The summed E-state index contributed by atoms with van der Waals surface area (Å²) in [7, 11) is 0. The van der Waals surface area contributed by atoms with Gasteiger partial charge in [0.1, 0.15) is 18.8 Å². The summed E-state index contributed by atoms with van der Waals surface area (Å²) in [6, 6.07) is 5.57. The van der Waals surface area contributed by atoms with Crippen molar-refractivity contribution in [2.45, 2.75) is 39.2 Å². The van der Waals surface area contributed by atoms with Gasteiger partial charge in [-0.15, -0.1) is 0 Å². The number of fused-ring (bicyclic) bond motifs is 1. The molecule has 104 valence electrons. The van der Waals surface area contributed by atoms with E-state index in [0.29, 0.717) is 19.0 Å². The topological polar surface area (TPSA) is 44.8 Å². The quantitative estimate of drug-likeness (QED) is 0.770. The van der Waals surface area contributed by atoms with Gasteiger partial charge in [0.05, 0.1) is 5.92 Å². The van der Waals surface area contributed by atoms with Crippen molar-refractivity contribution in [3.8, 4) is 11.5 Å². The first-order valence-corrected chi connectivity index (χ1v) is 6.49. The summed E-state index contributed by atoms with van der Waals surface area (Å²) in [5, 5.41) is 0. The summed E-state index contributed by atoms with van der Waals surface area (Å²) >= 11 is 0. The second kappa shape index (κ2) is 5.11. The fourth-order valence-electron chi connectivity index (χ4n) is 1.86. The number of rotatable bonds is 2. The van der Waals surface area contributed by atoms with Crippen molar-refractivity contribution in [3.63, 3.8) is 0 Å². The maximum absolute atomic E-state index is 12.0. The number of hydrogen-bond acceptors (Lipinski definition) is 4. The Morgan fingerprint density at radius 1 is 1.21 bits per heavy atom. The second-order valence-electron chi connectivity index (χ2n) is 5.66. The van der Waals surface area contributed by atoms with E-state index >= 15 is 0 Å². The Balaban J connectivity index is 2.15. The molecule has 0 aromatic heterocycles. The molecule has 0 amide bonds. The van der Waals surface area contributed by atoms with Crippen LogP contribution < -0.4 is 9.47 Å². The number of carbonyl (C=O) groups excluding carboxylic acids is 1. The van der Waals surface area contributed by atoms with Crippen LogP contribution in [0.3, 0.4) is 0 Å². The number of esters is 1. The molecule has 4 heteroatoms. The lowest BCUT2D eigenvalue weighted by atomic mass is 10.0. The minimum Gasteiger partial charge on any atom is -0.486 e. The van der Waals surface area contributed by atoms with Crippen LogP contribution >= 0.6 is 0 Å². The molecule has 0 radical (unpaired) electrons. The Morgan fingerprint density at radius 3 is 2.47 bits per heavy atom. The zero-order chi connectivity index (χ0) is 14.0. The number of carbonyl (C=O) groups is 1. The summed E-state index contributed by atoms with van der Waals surface area (Å²) in [6.45, 7) is 8.52. The van der Waals surface area contributed by atoms with E-state index in [1.807, 2.05) is 45.9 Å². The Kier molecular flexibility index (Phi) is 3.69. The van der Waals surface area contributed by atoms with Crippen LogP contribution in [0.25, 0.3) is 0 Å². The predicted octanol–water partition coefficient (Wildman–Crippen LogP) is 2.90. The molecule has 0 spiro atoms. The van der Waals surface area contributed by atoms with Gasteiger partial charge in [0.2, 0.25) is 0 Å². The molecule has 0 fully saturated rings. The molecule has 1 atom stereocenters. The first-order chi connectivity index (χ1) is 8.87. The highest BCUT2D eigenvalue weighted by molar-refractivity contribution is 5.78. The largest absolute Gasteiger partial charge is 0.486 e. The van der Waals surface area contributed by atoms with Crippen LogP contribution in [0.5, 0.6) is 11.5 Å². The summed E-state index contributed by atoms with van der Waals surface area (Å²) in [4.78, 5) is 12.0. The molecule has 2 rings (SSSR count). The van der Waals surface area contributed by atoms with E-state index in [2.05, 4.69) is 0 Å². The molecule has 1 unspecified atom stereocenters. The third-order valence-corrected chi connectivity index (χ3v) is 2.83. The third kappa shape index (κ3) is 3.40. The van der Waals surface area contributed by atoms with Crippen LogP contribution in [0.1, 0.15) is 39.2 Å². The summed E-state index contributed by atoms with van der Waals surface area (Å²) < 4.78 is 16.4. The molecule has 0 bridgehead atoms. The minimum absolute atomic E-state index is 0.232. The van der Waals surface area contributed by atoms with Gasteiger partial charge in [0.15, 0.2) is 11.5 Å². The first kappa shape index (κ1) is 13.7. The highest BCUT2D eigenvalue weighted by Crippen LogP contribution is 2.33. The smallest absolute Gasteiger partial charge is 0.313 e. The second-order valence-corrected chi connectivity index (χ2v) is 5.66. The van der Waals surface area contributed by atoms with Crippen molar-refractivity contribution >= 4 is 5.97 Å². The highest BCUT2D eigenvalue weighted by Gasteiger charge is 2.24. The molecule has 1 heterocycles. The van der Waals surface area contributed by atoms with E-state index in [-0.39, 0.29) is 11.9 Å². The molecule has 0 saturated heterocycles. The van der Waals surface area contributed by atoms with E-state index in [0.717, 1.165) is 11.3 Å². The molecule has 0 saturated carbocycles. The van der Waals surface area contributed by atoms with Crippen molar-refractivity contribution in [2.24, 2.45) is 0 Å². The maximum atomic E-state index is 12.0. The van der Waals surface area contributed by atoms with Crippen molar-refractivity contribution in [3.05, 3.63) is 23.8 Å². The Morgan fingerprint density at radius 2 is 1.84 bits per heavy atom.